The van der Waals surface area contributed by atoms with Crippen LogP contribution in [0.5, 0.6) is 0 Å². The van der Waals surface area contributed by atoms with E-state index in [4.69, 9.17) is 9.47 Å². The second-order valence-electron chi connectivity index (χ2n) is 3.80. The van der Waals surface area contributed by atoms with Crippen LogP contribution in [0.2, 0.25) is 0 Å². The van der Waals surface area contributed by atoms with Crippen LogP contribution in [0.4, 0.5) is 5.69 Å². The molecule has 0 aromatic carbocycles. The summed E-state index contributed by atoms with van der Waals surface area (Å²) in [6.07, 6.45) is 1.29. The highest BCUT2D eigenvalue weighted by Crippen LogP contribution is 2.08. The largest absolute Gasteiger partial charge is 0.353 e. The van der Waals surface area contributed by atoms with Crippen LogP contribution in [-0.2, 0) is 16.0 Å². The van der Waals surface area contributed by atoms with Gasteiger partial charge in [0.1, 0.15) is 0 Å². The van der Waals surface area contributed by atoms with Crippen LogP contribution >= 0.6 is 0 Å². The second kappa shape index (κ2) is 7.65. The first-order valence-corrected chi connectivity index (χ1v) is 6.16. The third-order valence-electron chi connectivity index (χ3n) is 2.49. The molecule has 0 aliphatic carbocycles. The van der Waals surface area contributed by atoms with E-state index < -0.39 is 11.2 Å². The van der Waals surface area contributed by atoms with Crippen LogP contribution in [-0.4, -0.2) is 29.0 Å². The molecule has 0 bridgehead atoms. The summed E-state index contributed by atoms with van der Waals surface area (Å²) in [7, 11) is 0. The molecule has 0 radical (unpaired) electrons. The summed E-state index contributed by atoms with van der Waals surface area (Å²) >= 11 is 0. The van der Waals surface area contributed by atoms with E-state index in [0.717, 1.165) is 0 Å². The molecule has 1 heterocycles. The molecule has 19 heavy (non-hydrogen) atoms. The summed E-state index contributed by atoms with van der Waals surface area (Å²) < 4.78 is 12.0. The third-order valence-corrected chi connectivity index (χ3v) is 2.49. The molecule has 0 N–H and O–H groups in total. The highest BCUT2D eigenvalue weighted by atomic mass is 16.7. The van der Waals surface area contributed by atoms with Gasteiger partial charge >= 0.3 is 0 Å². The maximum absolute atomic E-state index is 11.6. The minimum Gasteiger partial charge on any atom is -0.353 e. The third kappa shape index (κ3) is 4.80. The van der Waals surface area contributed by atoms with E-state index in [1.165, 1.54) is 22.9 Å². The van der Waals surface area contributed by atoms with Crippen molar-refractivity contribution in [3.8, 4) is 0 Å². The average Bonchev–Trinajstić information content (AvgIpc) is 2.37. The zero-order valence-corrected chi connectivity index (χ0v) is 11.1. The van der Waals surface area contributed by atoms with Gasteiger partial charge in [-0.3, -0.25) is 14.9 Å². The number of hydrogen-bond acceptors (Lipinski definition) is 5. The molecular formula is C12H18N2O5. The van der Waals surface area contributed by atoms with Crippen molar-refractivity contribution in [2.75, 3.05) is 13.2 Å². The summed E-state index contributed by atoms with van der Waals surface area (Å²) in [4.78, 5) is 21.7. The number of nitro groups is 1. The highest BCUT2D eigenvalue weighted by Gasteiger charge is 2.11. The van der Waals surface area contributed by atoms with Gasteiger partial charge in [0, 0.05) is 38.3 Å². The molecule has 0 aliphatic heterocycles. The number of aryl methyl sites for hydroxylation is 1. The van der Waals surface area contributed by atoms with E-state index in [1.807, 2.05) is 13.8 Å². The van der Waals surface area contributed by atoms with Gasteiger partial charge in [-0.05, 0) is 13.8 Å². The molecule has 1 rings (SSSR count). The Hall–Kier alpha value is -1.73. The SMILES string of the molecule is CCOC(CCn1cc([N+](=O)[O-])ccc1=O)OCC. The van der Waals surface area contributed by atoms with Crippen LogP contribution in [0.15, 0.2) is 23.1 Å². The van der Waals surface area contributed by atoms with Crippen LogP contribution in [0.3, 0.4) is 0 Å². The fourth-order valence-corrected chi connectivity index (χ4v) is 1.63. The zero-order chi connectivity index (χ0) is 14.3. The van der Waals surface area contributed by atoms with Crippen molar-refractivity contribution in [3.63, 3.8) is 0 Å². The quantitative estimate of drug-likeness (QED) is 0.406. The van der Waals surface area contributed by atoms with Gasteiger partial charge in [0.25, 0.3) is 11.2 Å². The van der Waals surface area contributed by atoms with E-state index >= 15 is 0 Å². The first-order chi connectivity index (χ1) is 9.08. The molecule has 0 unspecified atom stereocenters. The summed E-state index contributed by atoms with van der Waals surface area (Å²) in [5, 5.41) is 10.6. The number of ether oxygens (including phenoxy) is 2. The Morgan fingerprint density at radius 3 is 2.47 bits per heavy atom. The smallest absolute Gasteiger partial charge is 0.285 e. The van der Waals surface area contributed by atoms with E-state index in [0.29, 0.717) is 26.2 Å². The predicted octanol–water partition coefficient (Wildman–Crippen LogP) is 1.55. The van der Waals surface area contributed by atoms with Crippen LogP contribution < -0.4 is 5.56 Å². The molecule has 1 aromatic rings. The monoisotopic (exact) mass is 270 g/mol. The number of hydrogen-bond donors (Lipinski definition) is 0. The molecule has 7 nitrogen and oxygen atoms in total. The van der Waals surface area contributed by atoms with E-state index in [-0.39, 0.29) is 11.2 Å². The van der Waals surface area contributed by atoms with Crippen molar-refractivity contribution in [2.45, 2.75) is 33.1 Å². The van der Waals surface area contributed by atoms with Gasteiger partial charge in [0.2, 0.25) is 0 Å². The molecule has 0 fully saturated rings. The molecule has 0 spiro atoms. The lowest BCUT2D eigenvalue weighted by Crippen LogP contribution is -2.24. The number of pyridine rings is 1. The van der Waals surface area contributed by atoms with Crippen molar-refractivity contribution >= 4 is 5.69 Å². The number of aromatic nitrogens is 1. The minimum absolute atomic E-state index is 0.107. The Morgan fingerprint density at radius 2 is 1.95 bits per heavy atom. The van der Waals surface area contributed by atoms with Crippen molar-refractivity contribution < 1.29 is 14.4 Å². The Morgan fingerprint density at radius 1 is 1.32 bits per heavy atom. The fraction of sp³-hybridized carbons (Fsp3) is 0.583. The molecular weight excluding hydrogens is 252 g/mol. The van der Waals surface area contributed by atoms with E-state index in [1.54, 1.807) is 0 Å². The molecule has 0 atom stereocenters. The Balaban J connectivity index is 2.72. The van der Waals surface area contributed by atoms with Crippen LogP contribution in [0, 0.1) is 10.1 Å². The average molecular weight is 270 g/mol. The highest BCUT2D eigenvalue weighted by molar-refractivity contribution is 5.24. The minimum atomic E-state index is -0.529. The zero-order valence-electron chi connectivity index (χ0n) is 11.1. The second-order valence-corrected chi connectivity index (χ2v) is 3.80. The van der Waals surface area contributed by atoms with E-state index in [9.17, 15) is 14.9 Å². The molecule has 0 aliphatic rings. The molecule has 1 aromatic heterocycles. The summed E-state index contributed by atoms with van der Waals surface area (Å²) in [5.41, 5.74) is -0.388. The lowest BCUT2D eigenvalue weighted by Gasteiger charge is -2.17. The van der Waals surface area contributed by atoms with E-state index in [2.05, 4.69) is 0 Å². The molecule has 0 amide bonds. The van der Waals surface area contributed by atoms with Gasteiger partial charge < -0.3 is 14.0 Å². The van der Waals surface area contributed by atoms with Gasteiger partial charge in [-0.15, -0.1) is 0 Å². The molecule has 106 valence electrons. The van der Waals surface area contributed by atoms with Gasteiger partial charge in [-0.25, -0.2) is 0 Å². The maximum atomic E-state index is 11.6. The van der Waals surface area contributed by atoms with Crippen LogP contribution in [0.25, 0.3) is 0 Å². The predicted molar refractivity (Wildman–Crippen MR) is 69.0 cm³/mol. The van der Waals surface area contributed by atoms with Crippen molar-refractivity contribution in [1.82, 2.24) is 4.57 Å². The maximum Gasteiger partial charge on any atom is 0.285 e. The summed E-state index contributed by atoms with van der Waals surface area (Å²) in [6, 6.07) is 2.38. The fourth-order valence-electron chi connectivity index (χ4n) is 1.63. The Labute approximate surface area is 110 Å². The molecule has 7 heteroatoms. The van der Waals surface area contributed by atoms with Crippen molar-refractivity contribution in [3.05, 3.63) is 38.8 Å². The summed E-state index contributed by atoms with van der Waals surface area (Å²) in [5.74, 6) is 0. The first-order valence-electron chi connectivity index (χ1n) is 6.16. The lowest BCUT2D eigenvalue weighted by atomic mass is 10.3. The standard InChI is InChI=1S/C12H18N2O5/c1-3-18-12(19-4-2)7-8-13-9-10(14(16)17)5-6-11(13)15/h5-6,9,12H,3-4,7-8H2,1-2H3. The Bertz CT molecular complexity index is 465. The van der Waals surface area contributed by atoms with Gasteiger partial charge in [-0.1, -0.05) is 0 Å². The number of rotatable bonds is 8. The topological polar surface area (TPSA) is 83.6 Å². The van der Waals surface area contributed by atoms with Gasteiger partial charge in [0.05, 0.1) is 11.1 Å². The number of nitrogens with zero attached hydrogens (tertiary/aromatic N) is 2. The van der Waals surface area contributed by atoms with Crippen LogP contribution in [0.1, 0.15) is 20.3 Å². The first kappa shape index (κ1) is 15.3. The van der Waals surface area contributed by atoms with Gasteiger partial charge in [0.15, 0.2) is 6.29 Å². The molecule has 0 saturated heterocycles. The Kier molecular flexibility index (Phi) is 6.17. The molecule has 0 saturated carbocycles. The lowest BCUT2D eigenvalue weighted by molar-refractivity contribution is -0.385. The normalized spacial score (nSPS) is 10.9. The summed E-state index contributed by atoms with van der Waals surface area (Å²) in [6.45, 7) is 5.03. The van der Waals surface area contributed by atoms with Gasteiger partial charge in [-0.2, -0.15) is 0 Å². The van der Waals surface area contributed by atoms with Crippen molar-refractivity contribution in [1.29, 1.82) is 0 Å². The van der Waals surface area contributed by atoms with Crippen molar-refractivity contribution in [2.24, 2.45) is 0 Å².